The lowest BCUT2D eigenvalue weighted by atomic mass is 10.1. The van der Waals surface area contributed by atoms with Gasteiger partial charge in [0.25, 0.3) is 0 Å². The smallest absolute Gasteiger partial charge is 0.410 e. The minimum Gasteiger partial charge on any atom is -0.475 e. The molecule has 4 rings (SSSR count). The van der Waals surface area contributed by atoms with Gasteiger partial charge < -0.3 is 19.7 Å². The van der Waals surface area contributed by atoms with Crippen molar-refractivity contribution in [2.75, 3.05) is 19.7 Å². The van der Waals surface area contributed by atoms with Gasteiger partial charge in [0.2, 0.25) is 11.8 Å². The Kier molecular flexibility index (Phi) is 5.19. The van der Waals surface area contributed by atoms with Crippen molar-refractivity contribution in [3.8, 4) is 5.88 Å². The number of carbonyl (C=O) groups excluding carboxylic acids is 2. The van der Waals surface area contributed by atoms with E-state index in [1.54, 1.807) is 11.1 Å². The Morgan fingerprint density at radius 1 is 1.17 bits per heavy atom. The number of nitrogens with zero attached hydrogens (tertiary/aromatic N) is 2. The number of pyridine rings is 1. The molecule has 164 valence electrons. The number of likely N-dealkylation sites (tertiary alicyclic amines) is 1. The van der Waals surface area contributed by atoms with Crippen LogP contribution in [0.5, 0.6) is 5.88 Å². The number of amides is 2. The number of aromatic nitrogens is 1. The maximum absolute atomic E-state index is 12.8. The predicted molar refractivity (Wildman–Crippen MR) is 112 cm³/mol. The summed E-state index contributed by atoms with van der Waals surface area (Å²) >= 11 is 0. The van der Waals surface area contributed by atoms with Crippen LogP contribution in [0.1, 0.15) is 58.9 Å². The molecule has 0 radical (unpaired) electrons. The summed E-state index contributed by atoms with van der Waals surface area (Å²) in [5.41, 5.74) is 0.160. The van der Waals surface area contributed by atoms with E-state index in [0.29, 0.717) is 31.5 Å². The first-order chi connectivity index (χ1) is 14.0. The number of hydrogen-bond acceptors (Lipinski definition) is 5. The number of rotatable bonds is 6. The molecule has 0 bridgehead atoms. The highest BCUT2D eigenvalue weighted by molar-refractivity contribution is 5.84. The van der Waals surface area contributed by atoms with Crippen LogP contribution in [0.2, 0.25) is 0 Å². The number of carbonyl (C=O) groups is 2. The van der Waals surface area contributed by atoms with Crippen LogP contribution in [0.25, 0.3) is 0 Å². The first kappa shape index (κ1) is 20.9. The molecular formula is C23H33N3O4. The highest BCUT2D eigenvalue weighted by Gasteiger charge is 2.61. The van der Waals surface area contributed by atoms with E-state index in [4.69, 9.17) is 9.47 Å². The third-order valence-electron chi connectivity index (χ3n) is 6.00. The van der Waals surface area contributed by atoms with Crippen molar-refractivity contribution in [1.29, 1.82) is 0 Å². The van der Waals surface area contributed by atoms with E-state index in [1.165, 1.54) is 18.4 Å². The number of piperidine rings is 1. The van der Waals surface area contributed by atoms with Gasteiger partial charge in [0.1, 0.15) is 12.2 Å². The molecule has 0 aromatic carbocycles. The first-order valence-corrected chi connectivity index (χ1v) is 10.9. The third kappa shape index (κ3) is 4.71. The zero-order valence-electron chi connectivity index (χ0n) is 18.6. The molecule has 2 amide bonds. The van der Waals surface area contributed by atoms with E-state index in [2.05, 4.69) is 16.4 Å². The summed E-state index contributed by atoms with van der Waals surface area (Å²) in [5.74, 6) is 1.72. The van der Waals surface area contributed by atoms with Crippen LogP contribution in [-0.4, -0.2) is 52.7 Å². The van der Waals surface area contributed by atoms with Gasteiger partial charge in [-0.15, -0.1) is 0 Å². The summed E-state index contributed by atoms with van der Waals surface area (Å²) in [6.45, 7) is 11.1. The van der Waals surface area contributed by atoms with Crippen LogP contribution in [0.4, 0.5) is 4.79 Å². The fraction of sp³-hybridized carbons (Fsp3) is 0.696. The lowest BCUT2D eigenvalue weighted by Crippen LogP contribution is -2.49. The zero-order valence-corrected chi connectivity index (χ0v) is 18.6. The molecule has 3 atom stereocenters. The molecule has 2 heterocycles. The van der Waals surface area contributed by atoms with Crippen LogP contribution in [-0.2, 0) is 9.53 Å². The predicted octanol–water partition coefficient (Wildman–Crippen LogP) is 3.35. The maximum Gasteiger partial charge on any atom is 0.410 e. The second kappa shape index (κ2) is 7.43. The SMILES string of the molecule is CC(C)(COc1ncccc1C1CC1)NC(=O)[C@H]1[C@@H]2CN(C(=O)OC(C)(C)C)C[C@@H]21. The van der Waals surface area contributed by atoms with E-state index in [9.17, 15) is 9.59 Å². The average molecular weight is 416 g/mol. The molecule has 3 aliphatic rings. The van der Waals surface area contributed by atoms with Gasteiger partial charge in [-0.25, -0.2) is 9.78 Å². The van der Waals surface area contributed by atoms with Crippen LogP contribution >= 0.6 is 0 Å². The van der Waals surface area contributed by atoms with Crippen LogP contribution < -0.4 is 10.1 Å². The standard InChI is InChI=1S/C23H33N3O4/c1-22(2,3)30-21(28)26-11-16-17(12-26)18(16)19(27)25-23(4,5)13-29-20-15(14-8-9-14)7-6-10-24-20/h6-7,10,14,16-18H,8-9,11-13H2,1-5H3,(H,25,27)/t16-,17+,18+. The second-order valence-electron chi connectivity index (χ2n) is 10.6. The Bertz CT molecular complexity index is 816. The Labute approximate surface area is 178 Å². The van der Waals surface area contributed by atoms with E-state index in [1.807, 2.05) is 40.7 Å². The largest absolute Gasteiger partial charge is 0.475 e. The van der Waals surface area contributed by atoms with Crippen LogP contribution in [0.15, 0.2) is 18.3 Å². The number of nitrogens with one attached hydrogen (secondary N) is 1. The van der Waals surface area contributed by atoms with E-state index in [0.717, 1.165) is 0 Å². The quantitative estimate of drug-likeness (QED) is 0.771. The van der Waals surface area contributed by atoms with Gasteiger partial charge in [-0.2, -0.15) is 0 Å². The van der Waals surface area contributed by atoms with Crippen LogP contribution in [0.3, 0.4) is 0 Å². The van der Waals surface area contributed by atoms with Gasteiger partial charge >= 0.3 is 6.09 Å². The molecule has 0 spiro atoms. The van der Waals surface area contributed by atoms with Crippen molar-refractivity contribution in [3.63, 3.8) is 0 Å². The van der Waals surface area contributed by atoms with Gasteiger partial charge in [0.05, 0.1) is 5.54 Å². The zero-order chi connectivity index (χ0) is 21.7. The molecule has 2 aliphatic carbocycles. The molecule has 1 aromatic rings. The first-order valence-electron chi connectivity index (χ1n) is 10.9. The molecule has 1 aliphatic heterocycles. The number of hydrogen-bond donors (Lipinski definition) is 1. The highest BCUT2D eigenvalue weighted by Crippen LogP contribution is 2.52. The fourth-order valence-corrected chi connectivity index (χ4v) is 4.32. The minimum atomic E-state index is -0.503. The second-order valence-corrected chi connectivity index (χ2v) is 10.6. The Hall–Kier alpha value is -2.31. The molecule has 0 unspecified atom stereocenters. The lowest BCUT2D eigenvalue weighted by Gasteiger charge is -2.28. The van der Waals surface area contributed by atoms with Gasteiger partial charge in [-0.3, -0.25) is 4.79 Å². The molecule has 2 saturated carbocycles. The van der Waals surface area contributed by atoms with E-state index in [-0.39, 0.29) is 29.8 Å². The summed E-state index contributed by atoms with van der Waals surface area (Å²) in [4.78, 5) is 31.1. The van der Waals surface area contributed by atoms with Crippen molar-refractivity contribution < 1.29 is 19.1 Å². The monoisotopic (exact) mass is 415 g/mol. The van der Waals surface area contributed by atoms with Gasteiger partial charge in [-0.05, 0) is 71.3 Å². The van der Waals surface area contributed by atoms with Crippen molar-refractivity contribution >= 4 is 12.0 Å². The van der Waals surface area contributed by atoms with Crippen molar-refractivity contribution in [2.45, 2.75) is 64.5 Å². The summed E-state index contributed by atoms with van der Waals surface area (Å²) in [6, 6.07) is 4.02. The minimum absolute atomic E-state index is 0.0279. The number of ether oxygens (including phenoxy) is 2. The summed E-state index contributed by atoms with van der Waals surface area (Å²) < 4.78 is 11.4. The normalized spacial score (nSPS) is 25.5. The molecule has 1 saturated heterocycles. The van der Waals surface area contributed by atoms with Crippen molar-refractivity contribution in [3.05, 3.63) is 23.9 Å². The topological polar surface area (TPSA) is 80.8 Å². The molecule has 1 aromatic heterocycles. The van der Waals surface area contributed by atoms with Gasteiger partial charge in [-0.1, -0.05) is 6.07 Å². The Morgan fingerprint density at radius 2 is 1.83 bits per heavy atom. The van der Waals surface area contributed by atoms with Gasteiger partial charge in [0.15, 0.2) is 0 Å². The molecule has 7 heteroatoms. The van der Waals surface area contributed by atoms with E-state index >= 15 is 0 Å². The molecule has 1 N–H and O–H groups in total. The third-order valence-corrected chi connectivity index (χ3v) is 6.00. The van der Waals surface area contributed by atoms with Gasteiger partial charge in [0, 0.05) is 30.8 Å². The summed E-state index contributed by atoms with van der Waals surface area (Å²) in [5, 5.41) is 3.14. The molecule has 30 heavy (non-hydrogen) atoms. The van der Waals surface area contributed by atoms with Crippen LogP contribution in [0, 0.1) is 17.8 Å². The molecule has 3 fully saturated rings. The highest BCUT2D eigenvalue weighted by atomic mass is 16.6. The lowest BCUT2D eigenvalue weighted by molar-refractivity contribution is -0.125. The summed E-state index contributed by atoms with van der Waals surface area (Å²) in [6.07, 6.45) is 3.83. The van der Waals surface area contributed by atoms with Crippen molar-refractivity contribution in [1.82, 2.24) is 15.2 Å². The average Bonchev–Trinajstić information content (AvgIpc) is 3.56. The Morgan fingerprint density at radius 3 is 2.43 bits per heavy atom. The number of fused-ring (bicyclic) bond motifs is 1. The van der Waals surface area contributed by atoms with E-state index < -0.39 is 11.1 Å². The molecule has 7 nitrogen and oxygen atoms in total. The Balaban J connectivity index is 1.25. The maximum atomic E-state index is 12.8. The molecular weight excluding hydrogens is 382 g/mol. The summed E-state index contributed by atoms with van der Waals surface area (Å²) in [7, 11) is 0. The fourth-order valence-electron chi connectivity index (χ4n) is 4.32. The van der Waals surface area contributed by atoms with Crippen molar-refractivity contribution in [2.24, 2.45) is 17.8 Å².